The SMILES string of the molecule is CCOc1c([C@H](C)c2nc(Cl)c3c(N)nccn23)cc(Cl)c(C)c1-c1cncc(C(=O)N(CC)CC)c1. The van der Waals surface area contributed by atoms with Gasteiger partial charge < -0.3 is 15.4 Å². The minimum Gasteiger partial charge on any atom is -0.493 e. The minimum atomic E-state index is -0.270. The third kappa shape index (κ3) is 4.83. The van der Waals surface area contributed by atoms with Crippen LogP contribution in [-0.4, -0.2) is 49.9 Å². The molecule has 4 aromatic rings. The number of halogens is 2. The summed E-state index contributed by atoms with van der Waals surface area (Å²) < 4.78 is 8.08. The number of nitrogens with two attached hydrogens (primary N) is 1. The molecule has 0 fully saturated rings. The third-order valence-electron chi connectivity index (χ3n) is 6.54. The molecule has 194 valence electrons. The molecular formula is C27H30Cl2N6O2. The Bertz CT molecular complexity index is 1470. The first-order valence-corrected chi connectivity index (χ1v) is 13.0. The standard InChI is InChI=1S/C27H30Cl2N6O2/c1-6-34(7-2)27(36)18-11-17(13-31-14-18)21-16(5)20(28)12-19(23(21)37-8-3)15(4)26-33-24(29)22-25(30)32-9-10-35(22)26/h9-15H,6-8H2,1-5H3,(H2,30,32)/t15-/m0/s1. The van der Waals surface area contributed by atoms with E-state index in [1.807, 2.05) is 51.2 Å². The van der Waals surface area contributed by atoms with E-state index in [4.69, 9.17) is 33.7 Å². The van der Waals surface area contributed by atoms with Gasteiger partial charge in [0.05, 0.1) is 12.2 Å². The number of anilines is 1. The predicted molar refractivity (Wildman–Crippen MR) is 148 cm³/mol. The van der Waals surface area contributed by atoms with Crippen LogP contribution in [0.15, 0.2) is 36.9 Å². The number of nitrogens with zero attached hydrogens (tertiary/aromatic N) is 5. The van der Waals surface area contributed by atoms with Gasteiger partial charge in [0.25, 0.3) is 5.91 Å². The number of nitrogen functional groups attached to an aromatic ring is 1. The number of carbonyl (C=O) groups excluding carboxylic acids is 1. The van der Waals surface area contributed by atoms with Crippen molar-refractivity contribution < 1.29 is 9.53 Å². The molecular weight excluding hydrogens is 511 g/mol. The highest BCUT2D eigenvalue weighted by atomic mass is 35.5. The van der Waals surface area contributed by atoms with Gasteiger partial charge in [0.15, 0.2) is 11.0 Å². The Morgan fingerprint density at radius 3 is 2.59 bits per heavy atom. The van der Waals surface area contributed by atoms with Crippen LogP contribution in [0.5, 0.6) is 5.75 Å². The zero-order valence-electron chi connectivity index (χ0n) is 21.5. The highest BCUT2D eigenvalue weighted by Crippen LogP contribution is 2.44. The van der Waals surface area contributed by atoms with E-state index in [9.17, 15) is 4.79 Å². The van der Waals surface area contributed by atoms with Gasteiger partial charge in [-0.05, 0) is 45.4 Å². The fourth-order valence-corrected chi connectivity index (χ4v) is 5.07. The zero-order valence-corrected chi connectivity index (χ0v) is 23.1. The smallest absolute Gasteiger partial charge is 0.255 e. The van der Waals surface area contributed by atoms with Crippen LogP contribution in [0, 0.1) is 6.92 Å². The maximum atomic E-state index is 13.1. The summed E-state index contributed by atoms with van der Waals surface area (Å²) in [4.78, 5) is 27.9. The molecule has 0 saturated carbocycles. The van der Waals surface area contributed by atoms with Crippen LogP contribution in [0.1, 0.15) is 60.9 Å². The quantitative estimate of drug-likeness (QED) is 0.293. The number of aromatic nitrogens is 4. The van der Waals surface area contributed by atoms with Crippen molar-refractivity contribution in [2.75, 3.05) is 25.4 Å². The molecule has 2 N–H and O–H groups in total. The number of benzene rings is 1. The first-order valence-electron chi connectivity index (χ1n) is 12.2. The summed E-state index contributed by atoms with van der Waals surface area (Å²) in [7, 11) is 0. The maximum absolute atomic E-state index is 13.1. The molecule has 0 spiro atoms. The summed E-state index contributed by atoms with van der Waals surface area (Å²) in [6, 6.07) is 3.74. The first-order chi connectivity index (χ1) is 17.7. The molecule has 3 heterocycles. The molecule has 0 aliphatic heterocycles. The van der Waals surface area contributed by atoms with Crippen LogP contribution in [0.25, 0.3) is 16.6 Å². The average molecular weight is 541 g/mol. The Kier molecular flexibility index (Phi) is 7.90. The lowest BCUT2D eigenvalue weighted by molar-refractivity contribution is 0.0772. The van der Waals surface area contributed by atoms with E-state index in [2.05, 4.69) is 15.0 Å². The number of pyridine rings is 1. The van der Waals surface area contributed by atoms with Gasteiger partial charge in [-0.2, -0.15) is 0 Å². The second kappa shape index (κ2) is 10.9. The molecule has 0 aliphatic carbocycles. The van der Waals surface area contributed by atoms with E-state index >= 15 is 0 Å². The molecule has 10 heteroatoms. The van der Waals surface area contributed by atoms with Gasteiger partial charge >= 0.3 is 0 Å². The van der Waals surface area contributed by atoms with Gasteiger partial charge in [0, 0.05) is 65.5 Å². The van der Waals surface area contributed by atoms with E-state index in [1.54, 1.807) is 29.7 Å². The summed E-state index contributed by atoms with van der Waals surface area (Å²) in [5, 5.41) is 0.838. The van der Waals surface area contributed by atoms with Crippen LogP contribution in [0.4, 0.5) is 5.82 Å². The Balaban J connectivity index is 1.92. The molecule has 1 amide bonds. The van der Waals surface area contributed by atoms with Gasteiger partial charge in [0.1, 0.15) is 17.1 Å². The van der Waals surface area contributed by atoms with Gasteiger partial charge in [-0.25, -0.2) is 9.97 Å². The van der Waals surface area contributed by atoms with Gasteiger partial charge in [0.2, 0.25) is 0 Å². The topological polar surface area (TPSA) is 98.6 Å². The molecule has 0 unspecified atom stereocenters. The van der Waals surface area contributed by atoms with Crippen molar-refractivity contribution >= 4 is 40.4 Å². The molecule has 37 heavy (non-hydrogen) atoms. The largest absolute Gasteiger partial charge is 0.493 e. The lowest BCUT2D eigenvalue weighted by atomic mass is 9.91. The lowest BCUT2D eigenvalue weighted by Gasteiger charge is -2.23. The first kappa shape index (κ1) is 26.7. The number of amides is 1. The molecule has 1 aromatic carbocycles. The predicted octanol–water partition coefficient (Wildman–Crippen LogP) is 6.02. The van der Waals surface area contributed by atoms with Crippen LogP contribution in [0.2, 0.25) is 10.2 Å². The summed E-state index contributed by atoms with van der Waals surface area (Å²) in [6.45, 7) is 11.4. The molecule has 0 bridgehead atoms. The fraction of sp³-hybridized carbons (Fsp3) is 0.333. The molecule has 4 rings (SSSR count). The van der Waals surface area contributed by atoms with Crippen molar-refractivity contribution in [3.63, 3.8) is 0 Å². The summed E-state index contributed by atoms with van der Waals surface area (Å²) >= 11 is 13.2. The van der Waals surface area contributed by atoms with Gasteiger partial charge in [-0.15, -0.1) is 0 Å². The van der Waals surface area contributed by atoms with Crippen molar-refractivity contribution in [2.45, 2.75) is 40.5 Å². The van der Waals surface area contributed by atoms with E-state index in [1.165, 1.54) is 0 Å². The van der Waals surface area contributed by atoms with Crippen molar-refractivity contribution in [1.29, 1.82) is 0 Å². The average Bonchev–Trinajstić information content (AvgIpc) is 3.24. The Hall–Kier alpha value is -3.36. The van der Waals surface area contributed by atoms with Crippen LogP contribution in [-0.2, 0) is 0 Å². The van der Waals surface area contributed by atoms with Crippen LogP contribution >= 0.6 is 23.2 Å². The summed E-state index contributed by atoms with van der Waals surface area (Å²) in [5.74, 6) is 1.28. The van der Waals surface area contributed by atoms with Crippen molar-refractivity contribution in [2.24, 2.45) is 0 Å². The van der Waals surface area contributed by atoms with E-state index in [0.29, 0.717) is 53.2 Å². The minimum absolute atomic E-state index is 0.0738. The number of ether oxygens (including phenoxy) is 1. The summed E-state index contributed by atoms with van der Waals surface area (Å²) in [6.07, 6.45) is 6.70. The summed E-state index contributed by atoms with van der Waals surface area (Å²) in [5.41, 5.74) is 10.3. The van der Waals surface area contributed by atoms with Crippen molar-refractivity contribution in [1.82, 2.24) is 24.3 Å². The highest BCUT2D eigenvalue weighted by molar-refractivity contribution is 6.33. The fourth-order valence-electron chi connectivity index (χ4n) is 4.59. The van der Waals surface area contributed by atoms with Crippen molar-refractivity contribution in [3.05, 3.63) is 69.6 Å². The van der Waals surface area contributed by atoms with Crippen LogP contribution < -0.4 is 10.5 Å². The number of carbonyl (C=O) groups is 1. The third-order valence-corrected chi connectivity index (χ3v) is 7.20. The number of imidazole rings is 1. The molecule has 3 aromatic heterocycles. The van der Waals surface area contributed by atoms with Gasteiger partial charge in [-0.3, -0.25) is 14.2 Å². The Labute approximate surface area is 226 Å². The van der Waals surface area contributed by atoms with Crippen LogP contribution in [0.3, 0.4) is 0 Å². The Morgan fingerprint density at radius 2 is 1.92 bits per heavy atom. The molecule has 0 saturated heterocycles. The number of fused-ring (bicyclic) bond motifs is 1. The molecule has 1 atom stereocenters. The number of hydrogen-bond acceptors (Lipinski definition) is 6. The molecule has 0 radical (unpaired) electrons. The zero-order chi connectivity index (χ0) is 26.9. The van der Waals surface area contributed by atoms with E-state index < -0.39 is 0 Å². The number of rotatable bonds is 8. The maximum Gasteiger partial charge on any atom is 0.255 e. The second-order valence-electron chi connectivity index (χ2n) is 8.66. The monoisotopic (exact) mass is 540 g/mol. The highest BCUT2D eigenvalue weighted by Gasteiger charge is 2.27. The normalized spacial score (nSPS) is 12.1. The second-order valence-corrected chi connectivity index (χ2v) is 9.43. The van der Waals surface area contributed by atoms with Crippen molar-refractivity contribution in [3.8, 4) is 16.9 Å². The lowest BCUT2D eigenvalue weighted by Crippen LogP contribution is -2.30. The Morgan fingerprint density at radius 1 is 1.19 bits per heavy atom. The van der Waals surface area contributed by atoms with E-state index in [-0.39, 0.29) is 17.0 Å². The van der Waals surface area contributed by atoms with Gasteiger partial charge in [-0.1, -0.05) is 30.1 Å². The molecule has 8 nitrogen and oxygen atoms in total. The number of hydrogen-bond donors (Lipinski definition) is 1. The van der Waals surface area contributed by atoms with E-state index in [0.717, 1.165) is 22.3 Å². The molecule has 0 aliphatic rings.